The number of amides is 2. The van der Waals surface area contributed by atoms with Crippen LogP contribution in [0, 0.1) is 6.92 Å². The van der Waals surface area contributed by atoms with Crippen LogP contribution in [0.4, 0.5) is 5.69 Å². The van der Waals surface area contributed by atoms with Gasteiger partial charge in [-0.1, -0.05) is 30.5 Å². The van der Waals surface area contributed by atoms with E-state index in [1.807, 2.05) is 6.92 Å². The van der Waals surface area contributed by atoms with E-state index < -0.39 is 21.5 Å². The molecule has 9 heteroatoms. The molecule has 0 bridgehead atoms. The highest BCUT2D eigenvalue weighted by Crippen LogP contribution is 2.33. The molecule has 3 rings (SSSR count). The van der Waals surface area contributed by atoms with Gasteiger partial charge in [-0.3, -0.25) is 14.5 Å². The number of hydrogen-bond donors (Lipinski definition) is 1. The SMILES string of the molecule is Cc1ccc(N2C(=O)CN(S(C)(=O)=O)C[C@@]2(C)C(=O)NC2CCCC2)cc1Cl. The van der Waals surface area contributed by atoms with E-state index >= 15 is 0 Å². The summed E-state index contributed by atoms with van der Waals surface area (Å²) in [6.45, 7) is 3.04. The van der Waals surface area contributed by atoms with E-state index in [0.29, 0.717) is 10.7 Å². The van der Waals surface area contributed by atoms with Crippen LogP contribution in [-0.4, -0.2) is 55.5 Å². The Bertz CT molecular complexity index is 898. The van der Waals surface area contributed by atoms with Crippen LogP contribution in [0.25, 0.3) is 0 Å². The van der Waals surface area contributed by atoms with Gasteiger partial charge in [-0.05, 0) is 44.4 Å². The topological polar surface area (TPSA) is 86.8 Å². The van der Waals surface area contributed by atoms with Gasteiger partial charge < -0.3 is 5.32 Å². The van der Waals surface area contributed by atoms with Crippen molar-refractivity contribution in [2.45, 2.75) is 51.1 Å². The first kappa shape index (κ1) is 21.1. The summed E-state index contributed by atoms with van der Waals surface area (Å²) in [4.78, 5) is 27.7. The molecule has 154 valence electrons. The molecule has 1 aromatic carbocycles. The Kier molecular flexibility index (Phi) is 5.76. The number of sulfonamides is 1. The molecule has 2 fully saturated rings. The molecular formula is C19H26ClN3O4S. The van der Waals surface area contributed by atoms with Gasteiger partial charge in [0.25, 0.3) is 0 Å². The van der Waals surface area contributed by atoms with Crippen LogP contribution in [0.2, 0.25) is 5.02 Å². The lowest BCUT2D eigenvalue weighted by atomic mass is 9.93. The van der Waals surface area contributed by atoms with Gasteiger partial charge in [0.1, 0.15) is 5.54 Å². The Labute approximate surface area is 171 Å². The highest BCUT2D eigenvalue weighted by molar-refractivity contribution is 7.88. The van der Waals surface area contributed by atoms with Crippen LogP contribution in [0.15, 0.2) is 18.2 Å². The number of carbonyl (C=O) groups excluding carboxylic acids is 2. The lowest BCUT2D eigenvalue weighted by Crippen LogP contribution is -2.70. The second-order valence-electron chi connectivity index (χ2n) is 7.92. The molecule has 0 unspecified atom stereocenters. The molecule has 1 N–H and O–H groups in total. The molecule has 1 aliphatic heterocycles. The zero-order valence-electron chi connectivity index (χ0n) is 16.4. The Hall–Kier alpha value is -1.64. The van der Waals surface area contributed by atoms with Crippen molar-refractivity contribution in [3.05, 3.63) is 28.8 Å². The van der Waals surface area contributed by atoms with Gasteiger partial charge in [0.05, 0.1) is 12.8 Å². The van der Waals surface area contributed by atoms with E-state index in [2.05, 4.69) is 5.32 Å². The van der Waals surface area contributed by atoms with Gasteiger partial charge in [-0.25, -0.2) is 8.42 Å². The Morgan fingerprint density at radius 2 is 1.93 bits per heavy atom. The lowest BCUT2D eigenvalue weighted by molar-refractivity contribution is -0.133. The van der Waals surface area contributed by atoms with E-state index in [4.69, 9.17) is 11.6 Å². The molecule has 0 aromatic heterocycles. The predicted molar refractivity (Wildman–Crippen MR) is 109 cm³/mol. The summed E-state index contributed by atoms with van der Waals surface area (Å²) in [5, 5.41) is 3.50. The number of nitrogens with one attached hydrogen (secondary N) is 1. The summed E-state index contributed by atoms with van der Waals surface area (Å²) in [6.07, 6.45) is 4.93. The van der Waals surface area contributed by atoms with Crippen LogP contribution >= 0.6 is 11.6 Å². The van der Waals surface area contributed by atoms with Crippen molar-refractivity contribution < 1.29 is 18.0 Å². The number of piperazine rings is 1. The number of aryl methyl sites for hydroxylation is 1. The maximum Gasteiger partial charge on any atom is 0.247 e. The molecule has 0 radical (unpaired) electrons. The standard InChI is InChI=1S/C19H26ClN3O4S/c1-13-8-9-15(10-16(13)20)23-17(24)11-22(28(3,26)27)12-19(23,2)18(25)21-14-6-4-5-7-14/h8-10,14H,4-7,11-12H2,1-3H3,(H,21,25)/t19-/m0/s1. The summed E-state index contributed by atoms with van der Waals surface area (Å²) in [5.74, 6) is -0.807. The summed E-state index contributed by atoms with van der Waals surface area (Å²) >= 11 is 6.25. The summed E-state index contributed by atoms with van der Waals surface area (Å²) < 4.78 is 25.3. The van der Waals surface area contributed by atoms with E-state index in [1.165, 1.54) is 4.90 Å². The van der Waals surface area contributed by atoms with Crippen molar-refractivity contribution in [1.29, 1.82) is 0 Å². The van der Waals surface area contributed by atoms with Crippen LogP contribution in [-0.2, 0) is 19.6 Å². The Morgan fingerprint density at radius 1 is 1.29 bits per heavy atom. The van der Waals surface area contributed by atoms with E-state index in [-0.39, 0.29) is 25.0 Å². The number of nitrogens with zero attached hydrogens (tertiary/aromatic N) is 2. The van der Waals surface area contributed by atoms with Crippen LogP contribution < -0.4 is 10.2 Å². The van der Waals surface area contributed by atoms with Gasteiger partial charge in [0.15, 0.2) is 0 Å². The van der Waals surface area contributed by atoms with Crippen molar-refractivity contribution in [3.63, 3.8) is 0 Å². The van der Waals surface area contributed by atoms with E-state index in [1.54, 1.807) is 25.1 Å². The molecule has 1 atom stereocenters. The van der Waals surface area contributed by atoms with Crippen molar-refractivity contribution in [1.82, 2.24) is 9.62 Å². The fourth-order valence-corrected chi connectivity index (χ4v) is 4.94. The second-order valence-corrected chi connectivity index (χ2v) is 10.3. The molecule has 1 saturated heterocycles. The minimum atomic E-state index is -3.63. The third-order valence-electron chi connectivity index (χ3n) is 5.60. The lowest BCUT2D eigenvalue weighted by Gasteiger charge is -2.46. The molecule has 1 saturated carbocycles. The second kappa shape index (κ2) is 7.65. The average molecular weight is 428 g/mol. The van der Waals surface area contributed by atoms with Gasteiger partial charge in [-0.2, -0.15) is 4.31 Å². The summed E-state index contributed by atoms with van der Waals surface area (Å²) in [6, 6.07) is 5.21. The Morgan fingerprint density at radius 3 is 2.50 bits per heavy atom. The molecule has 7 nitrogen and oxygen atoms in total. The summed E-state index contributed by atoms with van der Waals surface area (Å²) in [5.41, 5.74) is -0.0397. The molecule has 2 amide bonds. The molecule has 1 aliphatic carbocycles. The predicted octanol–water partition coefficient (Wildman–Crippen LogP) is 2.07. The van der Waals surface area contributed by atoms with E-state index in [0.717, 1.165) is 41.8 Å². The third kappa shape index (κ3) is 4.04. The Balaban J connectivity index is 2.02. The highest BCUT2D eigenvalue weighted by atomic mass is 35.5. The molecule has 1 heterocycles. The number of halogens is 1. The zero-order valence-corrected chi connectivity index (χ0v) is 17.9. The average Bonchev–Trinajstić information content (AvgIpc) is 3.09. The summed E-state index contributed by atoms with van der Waals surface area (Å²) in [7, 11) is -3.63. The molecule has 2 aliphatic rings. The fraction of sp³-hybridized carbons (Fsp3) is 0.579. The van der Waals surface area contributed by atoms with Crippen LogP contribution in [0.5, 0.6) is 0 Å². The largest absolute Gasteiger partial charge is 0.351 e. The number of carbonyl (C=O) groups is 2. The zero-order chi connectivity index (χ0) is 20.7. The minimum Gasteiger partial charge on any atom is -0.351 e. The quantitative estimate of drug-likeness (QED) is 0.796. The number of rotatable bonds is 4. The van der Waals surface area contributed by atoms with Gasteiger partial charge >= 0.3 is 0 Å². The van der Waals surface area contributed by atoms with Gasteiger partial charge in [0, 0.05) is 23.3 Å². The highest BCUT2D eigenvalue weighted by Gasteiger charge is 2.50. The number of hydrogen-bond acceptors (Lipinski definition) is 4. The fourth-order valence-electron chi connectivity index (χ4n) is 3.94. The van der Waals surface area contributed by atoms with Crippen molar-refractivity contribution >= 4 is 39.1 Å². The maximum atomic E-state index is 13.3. The van der Waals surface area contributed by atoms with Crippen molar-refractivity contribution in [2.24, 2.45) is 0 Å². The van der Waals surface area contributed by atoms with Gasteiger partial charge in [0.2, 0.25) is 21.8 Å². The van der Waals surface area contributed by atoms with Gasteiger partial charge in [-0.15, -0.1) is 0 Å². The first-order valence-electron chi connectivity index (χ1n) is 9.37. The molecular weight excluding hydrogens is 402 g/mol. The van der Waals surface area contributed by atoms with Crippen molar-refractivity contribution in [3.8, 4) is 0 Å². The first-order valence-corrected chi connectivity index (χ1v) is 11.6. The van der Waals surface area contributed by atoms with Crippen molar-refractivity contribution in [2.75, 3.05) is 24.2 Å². The third-order valence-corrected chi connectivity index (χ3v) is 7.20. The molecule has 0 spiro atoms. The first-order chi connectivity index (χ1) is 13.0. The smallest absolute Gasteiger partial charge is 0.247 e. The number of anilines is 1. The molecule has 1 aromatic rings. The monoisotopic (exact) mass is 427 g/mol. The maximum absolute atomic E-state index is 13.3. The normalized spacial score (nSPS) is 24.6. The minimum absolute atomic E-state index is 0.0523. The van der Waals surface area contributed by atoms with Crippen LogP contribution in [0.1, 0.15) is 38.2 Å². The number of benzene rings is 1. The molecule has 28 heavy (non-hydrogen) atoms. The van der Waals surface area contributed by atoms with Crippen LogP contribution in [0.3, 0.4) is 0 Å². The van der Waals surface area contributed by atoms with E-state index in [9.17, 15) is 18.0 Å².